The maximum atomic E-state index is 12.1. The summed E-state index contributed by atoms with van der Waals surface area (Å²) in [5, 5.41) is 2.65. The van der Waals surface area contributed by atoms with Gasteiger partial charge in [0, 0.05) is 5.02 Å². The second-order valence-corrected chi connectivity index (χ2v) is 7.87. The zero-order valence-corrected chi connectivity index (χ0v) is 16.4. The maximum Gasteiger partial charge on any atom is 0.130 e. The minimum absolute atomic E-state index is 0.134. The Balaban J connectivity index is 1.84. The van der Waals surface area contributed by atoms with E-state index < -0.39 is 5.41 Å². The summed E-state index contributed by atoms with van der Waals surface area (Å²) < 4.78 is 0. The van der Waals surface area contributed by atoms with E-state index in [2.05, 4.69) is 24.3 Å². The van der Waals surface area contributed by atoms with Gasteiger partial charge in [0.05, 0.1) is 24.1 Å². The normalized spacial score (nSPS) is 22.5. The lowest BCUT2D eigenvalue weighted by molar-refractivity contribution is -0.156. The largest absolute Gasteiger partial charge is 0.303 e. The van der Waals surface area contributed by atoms with Gasteiger partial charge in [-0.05, 0) is 35.7 Å². The predicted octanol–water partition coefficient (Wildman–Crippen LogP) is 5.62. The van der Waals surface area contributed by atoms with Crippen LogP contribution >= 0.6 is 11.6 Å². The molecule has 0 unspecified atom stereocenters. The first-order valence-corrected chi connectivity index (χ1v) is 9.73. The molecule has 0 aromatic heterocycles. The molecule has 1 aliphatic rings. The van der Waals surface area contributed by atoms with Gasteiger partial charge in [0.2, 0.25) is 0 Å². The predicted molar refractivity (Wildman–Crippen MR) is 111 cm³/mol. The molecular formula is C24H22ClNO2. The first-order chi connectivity index (χ1) is 13.6. The number of carbonyl (C=O) groups excluding carboxylic acids is 1. The van der Waals surface area contributed by atoms with Gasteiger partial charge in [-0.15, -0.1) is 0 Å². The fourth-order valence-corrected chi connectivity index (χ4v) is 4.04. The van der Waals surface area contributed by atoms with Gasteiger partial charge in [-0.25, -0.2) is 0 Å². The Hall–Kier alpha value is -2.46. The van der Waals surface area contributed by atoms with Crippen LogP contribution in [0.4, 0.5) is 0 Å². The molecule has 142 valence electrons. The number of rotatable bonds is 5. The van der Waals surface area contributed by atoms with Crippen LogP contribution in [-0.4, -0.2) is 18.0 Å². The number of benzene rings is 3. The van der Waals surface area contributed by atoms with E-state index in [0.717, 1.165) is 23.0 Å². The molecule has 0 radical (unpaired) electrons. The molecule has 0 N–H and O–H groups in total. The monoisotopic (exact) mass is 391 g/mol. The molecule has 1 aliphatic heterocycles. The quantitative estimate of drug-likeness (QED) is 0.528. The summed E-state index contributed by atoms with van der Waals surface area (Å²) in [5.74, 6) is 0. The number of hydrogen-bond acceptors (Lipinski definition) is 3. The van der Waals surface area contributed by atoms with Crippen LogP contribution in [0.1, 0.15) is 35.7 Å². The minimum atomic E-state index is -0.657. The average Bonchev–Trinajstić information content (AvgIpc) is 3.08. The SMILES string of the molecule is C[C@]1(C=O)CON(C(c2ccccc2)c2ccccc2)[C@@H]1c1ccc(Cl)cc1. The zero-order valence-electron chi connectivity index (χ0n) is 15.7. The molecule has 1 heterocycles. The molecule has 0 amide bonds. The molecule has 1 fully saturated rings. The summed E-state index contributed by atoms with van der Waals surface area (Å²) >= 11 is 6.10. The fourth-order valence-electron chi connectivity index (χ4n) is 3.91. The summed E-state index contributed by atoms with van der Waals surface area (Å²) in [6.07, 6.45) is 1.01. The Labute approximate surface area is 170 Å². The van der Waals surface area contributed by atoms with Crippen LogP contribution in [0.2, 0.25) is 5.02 Å². The van der Waals surface area contributed by atoms with Crippen molar-refractivity contribution in [3.05, 3.63) is 107 Å². The van der Waals surface area contributed by atoms with Crippen LogP contribution in [-0.2, 0) is 9.63 Å². The Kier molecular flexibility index (Phi) is 5.31. The van der Waals surface area contributed by atoms with Crippen molar-refractivity contribution in [2.24, 2.45) is 5.41 Å². The number of hydroxylamine groups is 2. The van der Waals surface area contributed by atoms with E-state index in [4.69, 9.17) is 16.4 Å². The van der Waals surface area contributed by atoms with Crippen LogP contribution in [0.25, 0.3) is 0 Å². The van der Waals surface area contributed by atoms with Gasteiger partial charge in [0.15, 0.2) is 0 Å². The van der Waals surface area contributed by atoms with Crippen LogP contribution in [0.3, 0.4) is 0 Å². The third-order valence-electron chi connectivity index (χ3n) is 5.34. The van der Waals surface area contributed by atoms with Crippen LogP contribution in [0.5, 0.6) is 0 Å². The minimum Gasteiger partial charge on any atom is -0.303 e. The van der Waals surface area contributed by atoms with Crippen molar-refractivity contribution >= 4 is 17.9 Å². The van der Waals surface area contributed by atoms with Crippen molar-refractivity contribution in [2.45, 2.75) is 19.0 Å². The summed E-state index contributed by atoms with van der Waals surface area (Å²) in [6.45, 7) is 2.28. The van der Waals surface area contributed by atoms with E-state index in [-0.39, 0.29) is 12.1 Å². The molecule has 1 saturated heterocycles. The van der Waals surface area contributed by atoms with Crippen molar-refractivity contribution in [1.82, 2.24) is 5.06 Å². The Morgan fingerprint density at radius 1 is 0.964 bits per heavy atom. The highest BCUT2D eigenvalue weighted by Gasteiger charge is 2.49. The second-order valence-electron chi connectivity index (χ2n) is 7.43. The highest BCUT2D eigenvalue weighted by molar-refractivity contribution is 6.30. The zero-order chi connectivity index (χ0) is 19.6. The lowest BCUT2D eigenvalue weighted by Crippen LogP contribution is -2.34. The topological polar surface area (TPSA) is 29.5 Å². The smallest absolute Gasteiger partial charge is 0.130 e. The van der Waals surface area contributed by atoms with E-state index in [1.165, 1.54) is 0 Å². The van der Waals surface area contributed by atoms with Gasteiger partial charge in [0.1, 0.15) is 6.29 Å². The van der Waals surface area contributed by atoms with E-state index in [9.17, 15) is 4.79 Å². The van der Waals surface area contributed by atoms with Gasteiger partial charge >= 0.3 is 0 Å². The maximum absolute atomic E-state index is 12.1. The molecule has 3 aromatic carbocycles. The molecular weight excluding hydrogens is 370 g/mol. The highest BCUT2D eigenvalue weighted by atomic mass is 35.5. The molecule has 4 heteroatoms. The summed E-state index contributed by atoms with van der Waals surface area (Å²) in [7, 11) is 0. The lowest BCUT2D eigenvalue weighted by Gasteiger charge is -2.35. The second kappa shape index (κ2) is 7.88. The van der Waals surface area contributed by atoms with E-state index in [0.29, 0.717) is 11.6 Å². The number of nitrogens with zero attached hydrogens (tertiary/aromatic N) is 1. The van der Waals surface area contributed by atoms with Crippen molar-refractivity contribution in [1.29, 1.82) is 0 Å². The number of aldehydes is 1. The summed E-state index contributed by atoms with van der Waals surface area (Å²) in [6, 6.07) is 27.8. The Bertz CT molecular complexity index is 890. The molecule has 0 bridgehead atoms. The molecule has 4 rings (SSSR count). The fraction of sp³-hybridized carbons (Fsp3) is 0.208. The Morgan fingerprint density at radius 3 is 2.00 bits per heavy atom. The highest BCUT2D eigenvalue weighted by Crippen LogP contribution is 2.49. The first-order valence-electron chi connectivity index (χ1n) is 9.35. The molecule has 0 aliphatic carbocycles. The van der Waals surface area contributed by atoms with Crippen molar-refractivity contribution in [2.75, 3.05) is 6.61 Å². The molecule has 3 nitrogen and oxygen atoms in total. The third-order valence-corrected chi connectivity index (χ3v) is 5.60. The average molecular weight is 392 g/mol. The van der Waals surface area contributed by atoms with Gasteiger partial charge < -0.3 is 4.79 Å². The Morgan fingerprint density at radius 2 is 1.50 bits per heavy atom. The van der Waals surface area contributed by atoms with Crippen LogP contribution in [0, 0.1) is 5.41 Å². The number of halogens is 1. The standard InChI is InChI=1S/C24H22ClNO2/c1-24(16-27)17-28-26(23(24)20-12-14-21(25)15-13-20)22(18-8-4-2-5-9-18)19-10-6-3-7-11-19/h2-16,22-23H,17H2,1H3/t23-,24+/m1/s1. The lowest BCUT2D eigenvalue weighted by atomic mass is 9.80. The first kappa shape index (κ1) is 18.9. The van der Waals surface area contributed by atoms with Gasteiger partial charge in [-0.3, -0.25) is 4.84 Å². The van der Waals surface area contributed by atoms with Gasteiger partial charge in [-0.1, -0.05) is 84.4 Å². The van der Waals surface area contributed by atoms with E-state index in [1.807, 2.05) is 72.7 Å². The molecule has 3 aromatic rings. The third kappa shape index (κ3) is 3.49. The van der Waals surface area contributed by atoms with Crippen LogP contribution in [0.15, 0.2) is 84.9 Å². The van der Waals surface area contributed by atoms with Crippen molar-refractivity contribution in [3.63, 3.8) is 0 Å². The molecule has 0 saturated carbocycles. The number of hydrogen-bond donors (Lipinski definition) is 0. The van der Waals surface area contributed by atoms with E-state index in [1.54, 1.807) is 0 Å². The van der Waals surface area contributed by atoms with Crippen molar-refractivity contribution < 1.29 is 9.63 Å². The summed E-state index contributed by atoms with van der Waals surface area (Å²) in [5.41, 5.74) is 2.58. The van der Waals surface area contributed by atoms with Gasteiger partial charge in [-0.2, -0.15) is 5.06 Å². The van der Waals surface area contributed by atoms with Gasteiger partial charge in [0.25, 0.3) is 0 Å². The van der Waals surface area contributed by atoms with Crippen molar-refractivity contribution in [3.8, 4) is 0 Å². The molecule has 0 spiro atoms. The molecule has 2 atom stereocenters. The van der Waals surface area contributed by atoms with E-state index >= 15 is 0 Å². The van der Waals surface area contributed by atoms with Crippen LogP contribution < -0.4 is 0 Å². The summed E-state index contributed by atoms with van der Waals surface area (Å²) in [4.78, 5) is 18.3. The number of carbonyl (C=O) groups is 1. The molecule has 28 heavy (non-hydrogen) atoms.